The number of amides is 1. The number of methoxy groups -OCH3 is 1. The number of carbonyl (C=O) groups is 1. The summed E-state index contributed by atoms with van der Waals surface area (Å²) >= 11 is 0. The van der Waals surface area contributed by atoms with Gasteiger partial charge in [0, 0.05) is 24.3 Å². The van der Waals surface area contributed by atoms with Gasteiger partial charge in [0.05, 0.1) is 19.3 Å². The van der Waals surface area contributed by atoms with Crippen LogP contribution in [0.25, 0.3) is 0 Å². The Morgan fingerprint density at radius 3 is 2.35 bits per heavy atom. The van der Waals surface area contributed by atoms with Crippen LogP contribution in [0.3, 0.4) is 0 Å². The molecule has 2 atom stereocenters. The van der Waals surface area contributed by atoms with E-state index >= 15 is 0 Å². The van der Waals surface area contributed by atoms with Crippen molar-refractivity contribution in [2.75, 3.05) is 18.4 Å². The van der Waals surface area contributed by atoms with Crippen molar-refractivity contribution in [2.24, 2.45) is 5.92 Å². The SMILES string of the molecule is COc1cccc(CNC[C@@H](O)[C@H](Cc2cccc(CC3CCCCC3)c2)NC(=O)c2cccc(NS(=O)(=O)C(F)(F)F)c2)c1.Cl. The Kier molecular flexibility index (Phi) is 13.7. The van der Waals surface area contributed by atoms with Gasteiger partial charge in [0.1, 0.15) is 5.75 Å². The summed E-state index contributed by atoms with van der Waals surface area (Å²) < 4.78 is 68.5. The molecule has 0 heterocycles. The van der Waals surface area contributed by atoms with E-state index < -0.39 is 39.3 Å². The maximum absolute atomic E-state index is 13.3. The fraction of sp³-hybridized carbons (Fsp3) is 0.424. The molecule has 4 rings (SSSR count). The summed E-state index contributed by atoms with van der Waals surface area (Å²) in [7, 11) is -4.08. The highest BCUT2D eigenvalue weighted by molar-refractivity contribution is 7.93. The third kappa shape index (κ3) is 10.9. The second-order valence-corrected chi connectivity index (χ2v) is 13.2. The van der Waals surface area contributed by atoms with Crippen LogP contribution < -0.4 is 20.1 Å². The molecule has 0 aliphatic heterocycles. The second-order valence-electron chi connectivity index (χ2n) is 11.5. The minimum Gasteiger partial charge on any atom is -0.497 e. The number of aliphatic hydroxyl groups is 1. The van der Waals surface area contributed by atoms with E-state index in [0.29, 0.717) is 24.6 Å². The number of carbonyl (C=O) groups excluding carboxylic acids is 1. The van der Waals surface area contributed by atoms with Crippen LogP contribution in [0.15, 0.2) is 72.8 Å². The number of ether oxygens (including phenoxy) is 1. The molecule has 1 aliphatic carbocycles. The van der Waals surface area contributed by atoms with E-state index in [-0.39, 0.29) is 24.5 Å². The topological polar surface area (TPSA) is 117 Å². The smallest absolute Gasteiger partial charge is 0.497 e. The van der Waals surface area contributed by atoms with Crippen molar-refractivity contribution >= 4 is 34.0 Å². The van der Waals surface area contributed by atoms with Crippen LogP contribution in [0.1, 0.15) is 59.2 Å². The van der Waals surface area contributed by atoms with Gasteiger partial charge in [-0.1, -0.05) is 74.6 Å². The van der Waals surface area contributed by atoms with E-state index in [9.17, 15) is 31.5 Å². The second kappa shape index (κ2) is 17.0. The first-order valence-electron chi connectivity index (χ1n) is 15.0. The third-order valence-electron chi connectivity index (χ3n) is 7.98. The van der Waals surface area contributed by atoms with Gasteiger partial charge in [0.25, 0.3) is 5.91 Å². The van der Waals surface area contributed by atoms with E-state index in [1.54, 1.807) is 7.11 Å². The zero-order chi connectivity index (χ0) is 32.5. The fourth-order valence-electron chi connectivity index (χ4n) is 5.62. The molecule has 13 heteroatoms. The molecular formula is C33H41ClF3N3O5S. The number of halogens is 4. The molecule has 1 saturated carbocycles. The van der Waals surface area contributed by atoms with E-state index in [1.807, 2.05) is 36.4 Å². The first-order chi connectivity index (χ1) is 21.4. The molecule has 0 radical (unpaired) electrons. The molecule has 0 saturated heterocycles. The largest absolute Gasteiger partial charge is 0.516 e. The standard InChI is InChI=1S/C33H40F3N3O5S.ClH/c1-44-29-15-6-12-26(18-29)21-37-22-31(40)30(19-25-11-5-10-24(17-25)16-23-8-3-2-4-9-23)38-32(41)27-13-7-14-28(20-27)39-45(42,43)33(34,35)36;/h5-7,10-15,17-18,20,23,30-31,37,39-40H,2-4,8-9,16,19,21-22H2,1H3,(H,38,41);1H/t30-,31+;/m0./s1. The Morgan fingerprint density at radius 2 is 1.63 bits per heavy atom. The van der Waals surface area contributed by atoms with Gasteiger partial charge >= 0.3 is 15.5 Å². The molecule has 0 aromatic heterocycles. The van der Waals surface area contributed by atoms with Crippen molar-refractivity contribution in [3.63, 3.8) is 0 Å². The number of alkyl halides is 3. The lowest BCUT2D eigenvalue weighted by atomic mass is 9.84. The molecule has 8 nitrogen and oxygen atoms in total. The maximum Gasteiger partial charge on any atom is 0.516 e. The molecule has 0 spiro atoms. The number of hydrogen-bond acceptors (Lipinski definition) is 6. The van der Waals surface area contributed by atoms with Gasteiger partial charge < -0.3 is 20.5 Å². The maximum atomic E-state index is 13.3. The van der Waals surface area contributed by atoms with Crippen LogP contribution in [0.2, 0.25) is 0 Å². The number of rotatable bonds is 14. The summed E-state index contributed by atoms with van der Waals surface area (Å²) in [4.78, 5) is 13.3. The van der Waals surface area contributed by atoms with Crippen LogP contribution in [-0.2, 0) is 29.4 Å². The number of hydrogen-bond donors (Lipinski definition) is 4. The first-order valence-corrected chi connectivity index (χ1v) is 16.5. The van der Waals surface area contributed by atoms with Crippen LogP contribution in [0, 0.1) is 5.92 Å². The predicted molar refractivity (Wildman–Crippen MR) is 175 cm³/mol. The molecule has 0 bridgehead atoms. The van der Waals surface area contributed by atoms with Crippen LogP contribution in [0.5, 0.6) is 5.75 Å². The van der Waals surface area contributed by atoms with Crippen molar-refractivity contribution in [3.8, 4) is 5.75 Å². The van der Waals surface area contributed by atoms with Crippen molar-refractivity contribution in [3.05, 3.63) is 95.1 Å². The summed E-state index contributed by atoms with van der Waals surface area (Å²) in [6.45, 7) is 0.572. The minimum atomic E-state index is -5.66. The van der Waals surface area contributed by atoms with E-state index in [1.165, 1.54) is 54.5 Å². The Balaban J connectivity index is 0.00000576. The highest BCUT2D eigenvalue weighted by Gasteiger charge is 2.46. The number of aliphatic hydroxyl groups excluding tert-OH is 1. The van der Waals surface area contributed by atoms with Crippen LogP contribution in [0.4, 0.5) is 18.9 Å². The predicted octanol–water partition coefficient (Wildman–Crippen LogP) is 5.99. The average molecular weight is 684 g/mol. The molecule has 4 N–H and O–H groups in total. The fourth-order valence-corrected chi connectivity index (χ4v) is 6.18. The number of nitrogens with one attached hydrogen (secondary N) is 3. The normalized spacial score (nSPS) is 15.3. The van der Waals surface area contributed by atoms with E-state index in [2.05, 4.69) is 22.8 Å². The monoisotopic (exact) mass is 683 g/mol. The molecule has 3 aromatic rings. The quantitative estimate of drug-likeness (QED) is 0.166. The molecule has 46 heavy (non-hydrogen) atoms. The molecule has 1 aliphatic rings. The Labute approximate surface area is 274 Å². The van der Waals surface area contributed by atoms with Crippen molar-refractivity contribution in [2.45, 2.75) is 69.1 Å². The lowest BCUT2D eigenvalue weighted by Crippen LogP contribution is -2.48. The Bertz CT molecular complexity index is 1530. The van der Waals surface area contributed by atoms with Gasteiger partial charge in [0.2, 0.25) is 0 Å². The molecule has 3 aromatic carbocycles. The molecule has 252 valence electrons. The summed E-state index contributed by atoms with van der Waals surface area (Å²) in [6.07, 6.45) is 6.41. The van der Waals surface area contributed by atoms with Crippen LogP contribution >= 0.6 is 12.4 Å². The lowest BCUT2D eigenvalue weighted by molar-refractivity contribution is -0.0429. The summed E-state index contributed by atoms with van der Waals surface area (Å²) in [5, 5.41) is 17.3. The highest BCUT2D eigenvalue weighted by atomic mass is 35.5. The average Bonchev–Trinajstić information content (AvgIpc) is 3.01. The van der Waals surface area contributed by atoms with Gasteiger partial charge in [-0.25, -0.2) is 0 Å². The summed E-state index contributed by atoms with van der Waals surface area (Å²) in [6, 6.07) is 19.6. The number of benzene rings is 3. The van der Waals surface area contributed by atoms with Crippen molar-refractivity contribution in [1.82, 2.24) is 10.6 Å². The van der Waals surface area contributed by atoms with Crippen molar-refractivity contribution in [1.29, 1.82) is 0 Å². The Hall–Kier alpha value is -3.32. The van der Waals surface area contributed by atoms with E-state index in [4.69, 9.17) is 4.74 Å². The van der Waals surface area contributed by atoms with Gasteiger partial charge in [0.15, 0.2) is 0 Å². The van der Waals surface area contributed by atoms with Gasteiger partial charge in [-0.2, -0.15) is 21.6 Å². The summed E-state index contributed by atoms with van der Waals surface area (Å²) in [5.74, 6) is 0.670. The molecular weight excluding hydrogens is 643 g/mol. The zero-order valence-corrected chi connectivity index (χ0v) is 27.2. The highest BCUT2D eigenvalue weighted by Crippen LogP contribution is 2.28. The third-order valence-corrected chi connectivity index (χ3v) is 9.09. The van der Waals surface area contributed by atoms with Crippen molar-refractivity contribution < 1.29 is 36.2 Å². The molecule has 1 fully saturated rings. The van der Waals surface area contributed by atoms with Gasteiger partial charge in [-0.15, -0.1) is 12.4 Å². The van der Waals surface area contributed by atoms with Gasteiger partial charge in [-0.05, 0) is 65.8 Å². The zero-order valence-electron chi connectivity index (χ0n) is 25.6. The molecule has 0 unspecified atom stereocenters. The van der Waals surface area contributed by atoms with Crippen LogP contribution in [-0.4, -0.2) is 50.7 Å². The first kappa shape index (κ1) is 37.1. The molecule has 1 amide bonds. The van der Waals surface area contributed by atoms with Gasteiger partial charge in [-0.3, -0.25) is 9.52 Å². The Morgan fingerprint density at radius 1 is 0.957 bits per heavy atom. The summed E-state index contributed by atoms with van der Waals surface area (Å²) in [5.41, 5.74) is -2.93. The number of anilines is 1. The number of sulfonamides is 1. The minimum absolute atomic E-state index is 0. The van der Waals surface area contributed by atoms with E-state index in [0.717, 1.165) is 29.7 Å². The lowest BCUT2D eigenvalue weighted by Gasteiger charge is -2.26.